The van der Waals surface area contributed by atoms with Gasteiger partial charge in [0.15, 0.2) is 0 Å². The molecule has 1 aromatic rings. The molecule has 0 bridgehead atoms. The van der Waals surface area contributed by atoms with Crippen LogP contribution >= 0.6 is 0 Å². The van der Waals surface area contributed by atoms with Gasteiger partial charge in [0, 0.05) is 13.2 Å². The van der Waals surface area contributed by atoms with E-state index in [1.165, 1.54) is 17.2 Å². The van der Waals surface area contributed by atoms with Crippen molar-refractivity contribution in [2.45, 2.75) is 12.5 Å². The summed E-state index contributed by atoms with van der Waals surface area (Å²) in [6, 6.07) is 1.92. The molecule has 0 aliphatic heterocycles. The van der Waals surface area contributed by atoms with E-state index in [0.717, 1.165) is 0 Å². The van der Waals surface area contributed by atoms with E-state index in [9.17, 15) is 9.59 Å². The molecule has 0 aromatic carbocycles. The number of anilines is 1. The minimum Gasteiger partial charge on any atom is -0.480 e. The number of pyridine rings is 1. The van der Waals surface area contributed by atoms with Crippen LogP contribution in [0, 0.1) is 0 Å². The predicted octanol–water partition coefficient (Wildman–Crippen LogP) is 1.26. The van der Waals surface area contributed by atoms with Crippen molar-refractivity contribution >= 4 is 17.7 Å². The van der Waals surface area contributed by atoms with Crippen LogP contribution in [0.5, 0.6) is 0 Å². The van der Waals surface area contributed by atoms with E-state index in [4.69, 9.17) is 5.11 Å². The third-order valence-electron chi connectivity index (χ3n) is 2.34. The molecule has 96 valence electrons. The number of hydrogen-bond acceptors (Lipinski definition) is 3. The first kappa shape index (κ1) is 13.7. The molecule has 0 saturated heterocycles. The number of nitrogens with zero attached hydrogens (tertiary/aromatic N) is 2. The lowest BCUT2D eigenvalue weighted by atomic mass is 10.2. The van der Waals surface area contributed by atoms with Crippen molar-refractivity contribution in [3.8, 4) is 0 Å². The lowest BCUT2D eigenvalue weighted by Crippen LogP contribution is -2.46. The Bertz CT molecular complexity index is 433. The first-order valence-electron chi connectivity index (χ1n) is 5.34. The maximum atomic E-state index is 11.8. The Hall–Kier alpha value is -2.37. The van der Waals surface area contributed by atoms with Gasteiger partial charge in [-0.2, -0.15) is 0 Å². The zero-order chi connectivity index (χ0) is 13.5. The van der Waals surface area contributed by atoms with Gasteiger partial charge < -0.3 is 10.4 Å². The normalized spacial score (nSPS) is 11.4. The number of aromatic nitrogens is 1. The fourth-order valence-electron chi connectivity index (χ4n) is 1.30. The molecule has 0 spiro atoms. The fourth-order valence-corrected chi connectivity index (χ4v) is 1.30. The molecule has 0 radical (unpaired) electrons. The van der Waals surface area contributed by atoms with Crippen LogP contribution in [0.2, 0.25) is 0 Å². The number of carboxylic acids is 1. The van der Waals surface area contributed by atoms with Crippen LogP contribution in [0.15, 0.2) is 37.2 Å². The number of carbonyl (C=O) groups excluding carboxylic acids is 1. The number of carboxylic acid groups (broad SMARTS) is 1. The van der Waals surface area contributed by atoms with Crippen LogP contribution in [-0.4, -0.2) is 35.2 Å². The maximum absolute atomic E-state index is 11.8. The third-order valence-corrected chi connectivity index (χ3v) is 2.34. The van der Waals surface area contributed by atoms with Gasteiger partial charge in [0.2, 0.25) is 0 Å². The van der Waals surface area contributed by atoms with Crippen LogP contribution in [0.25, 0.3) is 0 Å². The topological polar surface area (TPSA) is 82.5 Å². The highest BCUT2D eigenvalue weighted by atomic mass is 16.4. The summed E-state index contributed by atoms with van der Waals surface area (Å²) in [5.41, 5.74) is 0.581. The Balaban J connectivity index is 2.70. The first-order chi connectivity index (χ1) is 8.56. The summed E-state index contributed by atoms with van der Waals surface area (Å²) < 4.78 is 0. The van der Waals surface area contributed by atoms with Gasteiger partial charge in [0.05, 0.1) is 11.9 Å². The summed E-state index contributed by atoms with van der Waals surface area (Å²) in [7, 11) is 1.54. The van der Waals surface area contributed by atoms with E-state index in [1.807, 2.05) is 0 Å². The van der Waals surface area contributed by atoms with Gasteiger partial charge >= 0.3 is 12.0 Å². The molecule has 18 heavy (non-hydrogen) atoms. The number of nitrogens with one attached hydrogen (secondary N) is 1. The number of rotatable bonds is 5. The Morgan fingerprint density at radius 3 is 2.89 bits per heavy atom. The SMILES string of the molecule is C=CCC(NC(=O)N(C)c1cccnc1)C(=O)O. The molecule has 1 rings (SSSR count). The zero-order valence-corrected chi connectivity index (χ0v) is 10.0. The van der Waals surface area contributed by atoms with Gasteiger partial charge in [0.25, 0.3) is 0 Å². The molecule has 0 fully saturated rings. The van der Waals surface area contributed by atoms with E-state index < -0.39 is 18.0 Å². The quantitative estimate of drug-likeness (QED) is 0.769. The fraction of sp³-hybridized carbons (Fsp3) is 0.250. The summed E-state index contributed by atoms with van der Waals surface area (Å²) in [6.07, 6.45) is 4.72. The largest absolute Gasteiger partial charge is 0.480 e. The van der Waals surface area contributed by atoms with Gasteiger partial charge in [-0.1, -0.05) is 6.08 Å². The van der Waals surface area contributed by atoms with Gasteiger partial charge in [0.1, 0.15) is 6.04 Å². The molecule has 1 unspecified atom stereocenters. The second kappa shape index (κ2) is 6.39. The van der Waals surface area contributed by atoms with E-state index in [1.54, 1.807) is 25.4 Å². The molecular weight excluding hydrogens is 234 g/mol. The smallest absolute Gasteiger partial charge is 0.326 e. The van der Waals surface area contributed by atoms with Crippen LogP contribution in [0.4, 0.5) is 10.5 Å². The minimum absolute atomic E-state index is 0.169. The highest BCUT2D eigenvalue weighted by Gasteiger charge is 2.20. The molecule has 0 saturated carbocycles. The minimum atomic E-state index is -1.09. The average Bonchev–Trinajstić information content (AvgIpc) is 2.38. The summed E-state index contributed by atoms with van der Waals surface area (Å²) in [6.45, 7) is 3.45. The zero-order valence-electron chi connectivity index (χ0n) is 10.0. The molecular formula is C12H15N3O3. The van der Waals surface area contributed by atoms with Crippen molar-refractivity contribution in [1.29, 1.82) is 0 Å². The molecule has 0 aliphatic rings. The molecule has 6 nitrogen and oxygen atoms in total. The van der Waals surface area contributed by atoms with E-state index in [2.05, 4.69) is 16.9 Å². The maximum Gasteiger partial charge on any atom is 0.326 e. The van der Waals surface area contributed by atoms with Gasteiger partial charge in [-0.15, -0.1) is 6.58 Å². The monoisotopic (exact) mass is 249 g/mol. The van der Waals surface area contributed by atoms with Gasteiger partial charge in [-0.3, -0.25) is 9.88 Å². The lowest BCUT2D eigenvalue weighted by Gasteiger charge is -2.20. The highest BCUT2D eigenvalue weighted by Crippen LogP contribution is 2.09. The van der Waals surface area contributed by atoms with Crippen LogP contribution in [0.1, 0.15) is 6.42 Å². The van der Waals surface area contributed by atoms with Crippen molar-refractivity contribution in [2.75, 3.05) is 11.9 Å². The lowest BCUT2D eigenvalue weighted by molar-refractivity contribution is -0.139. The molecule has 1 aromatic heterocycles. The second-order valence-corrected chi connectivity index (χ2v) is 3.63. The number of amides is 2. The Morgan fingerprint density at radius 1 is 1.67 bits per heavy atom. The molecule has 0 aliphatic carbocycles. The number of urea groups is 1. The third kappa shape index (κ3) is 3.58. The summed E-state index contributed by atoms with van der Waals surface area (Å²) in [5, 5.41) is 11.3. The molecule has 2 N–H and O–H groups in total. The van der Waals surface area contributed by atoms with Crippen LogP contribution in [0.3, 0.4) is 0 Å². The Morgan fingerprint density at radius 2 is 2.39 bits per heavy atom. The van der Waals surface area contributed by atoms with Crippen molar-refractivity contribution < 1.29 is 14.7 Å². The summed E-state index contributed by atoms with van der Waals surface area (Å²) in [4.78, 5) is 27.9. The van der Waals surface area contributed by atoms with Crippen molar-refractivity contribution in [2.24, 2.45) is 0 Å². The summed E-state index contributed by atoms with van der Waals surface area (Å²) in [5.74, 6) is -1.09. The van der Waals surface area contributed by atoms with E-state index >= 15 is 0 Å². The van der Waals surface area contributed by atoms with Gasteiger partial charge in [-0.25, -0.2) is 9.59 Å². The number of hydrogen-bond donors (Lipinski definition) is 2. The first-order valence-corrected chi connectivity index (χ1v) is 5.34. The van der Waals surface area contributed by atoms with Crippen LogP contribution in [-0.2, 0) is 4.79 Å². The molecule has 1 atom stereocenters. The second-order valence-electron chi connectivity index (χ2n) is 3.63. The van der Waals surface area contributed by atoms with Crippen molar-refractivity contribution in [3.63, 3.8) is 0 Å². The molecule has 1 heterocycles. The van der Waals surface area contributed by atoms with Crippen molar-refractivity contribution in [3.05, 3.63) is 37.2 Å². The number of carbonyl (C=O) groups is 2. The summed E-state index contributed by atoms with van der Waals surface area (Å²) >= 11 is 0. The molecule has 6 heteroatoms. The number of aliphatic carboxylic acids is 1. The van der Waals surface area contributed by atoms with Gasteiger partial charge in [-0.05, 0) is 18.6 Å². The van der Waals surface area contributed by atoms with Crippen LogP contribution < -0.4 is 10.2 Å². The standard InChI is InChI=1S/C12H15N3O3/c1-3-5-10(11(16)17)14-12(18)15(2)9-6-4-7-13-8-9/h3-4,6-8,10H,1,5H2,2H3,(H,14,18)(H,16,17). The average molecular weight is 249 g/mol. The molecule has 2 amide bonds. The van der Waals surface area contributed by atoms with E-state index in [0.29, 0.717) is 5.69 Å². The van der Waals surface area contributed by atoms with Crippen molar-refractivity contribution in [1.82, 2.24) is 10.3 Å². The predicted molar refractivity (Wildman–Crippen MR) is 67.4 cm³/mol. The highest BCUT2D eigenvalue weighted by molar-refractivity contribution is 5.93. The Labute approximate surface area is 105 Å². The van der Waals surface area contributed by atoms with E-state index in [-0.39, 0.29) is 6.42 Å². The Kier molecular flexibility index (Phi) is 4.86.